The zero-order valence-corrected chi connectivity index (χ0v) is 13.2. The molecule has 2 aliphatic carbocycles. The SMILES string of the molecule is CN[NH+]([O-])C1(C)C=CC(C)=C2C=CC=CC2C1.[I-]. The average molecular weight is 359 g/mol. The van der Waals surface area contributed by atoms with Gasteiger partial charge in [0.2, 0.25) is 0 Å². The fourth-order valence-electron chi connectivity index (χ4n) is 2.57. The first-order chi connectivity index (χ1) is 8.07. The average Bonchev–Trinajstić information content (AvgIpc) is 2.47. The molecule has 2 N–H and O–H groups in total. The Hall–Kier alpha value is -0.430. The van der Waals surface area contributed by atoms with Gasteiger partial charge in [0.1, 0.15) is 5.54 Å². The third kappa shape index (κ3) is 2.93. The van der Waals surface area contributed by atoms with Crippen LogP contribution in [0.4, 0.5) is 0 Å². The summed E-state index contributed by atoms with van der Waals surface area (Å²) in [5, 5.41) is 12.1. The molecule has 0 bridgehead atoms. The predicted octanol–water partition coefficient (Wildman–Crippen LogP) is -1.72. The smallest absolute Gasteiger partial charge is 0.132 e. The maximum atomic E-state index is 12.0. The van der Waals surface area contributed by atoms with Crippen LogP contribution in [0.2, 0.25) is 0 Å². The van der Waals surface area contributed by atoms with E-state index in [1.165, 1.54) is 11.1 Å². The summed E-state index contributed by atoms with van der Waals surface area (Å²) < 4.78 is 0. The summed E-state index contributed by atoms with van der Waals surface area (Å²) in [7, 11) is 1.70. The van der Waals surface area contributed by atoms with E-state index >= 15 is 0 Å². The molecule has 100 valence electrons. The molecule has 0 saturated carbocycles. The highest BCUT2D eigenvalue weighted by Gasteiger charge is 2.34. The van der Waals surface area contributed by atoms with Crippen molar-refractivity contribution in [2.45, 2.75) is 25.8 Å². The highest BCUT2D eigenvalue weighted by molar-refractivity contribution is 5.42. The third-order valence-corrected chi connectivity index (χ3v) is 3.68. The van der Waals surface area contributed by atoms with Crippen LogP contribution in [0.25, 0.3) is 0 Å². The molecule has 2 rings (SSSR count). The molecular formula is C14H20IN2O-. The Morgan fingerprint density at radius 1 is 1.39 bits per heavy atom. The van der Waals surface area contributed by atoms with Crippen LogP contribution in [0, 0.1) is 11.1 Å². The largest absolute Gasteiger partial charge is 1.00 e. The lowest BCUT2D eigenvalue weighted by Crippen LogP contribution is -3.21. The molecule has 0 heterocycles. The van der Waals surface area contributed by atoms with Crippen LogP contribution in [0.5, 0.6) is 0 Å². The van der Waals surface area contributed by atoms with Gasteiger partial charge >= 0.3 is 0 Å². The molecule has 0 aromatic heterocycles. The summed E-state index contributed by atoms with van der Waals surface area (Å²) in [6.07, 6.45) is 13.4. The van der Waals surface area contributed by atoms with Gasteiger partial charge in [-0.1, -0.05) is 30.4 Å². The topological polar surface area (TPSA) is 39.5 Å². The number of quaternary nitrogens is 1. The molecule has 0 aromatic carbocycles. The Morgan fingerprint density at radius 2 is 2.11 bits per heavy atom. The molecule has 3 unspecified atom stereocenters. The first kappa shape index (κ1) is 15.6. The zero-order valence-electron chi connectivity index (χ0n) is 11.0. The fourth-order valence-corrected chi connectivity index (χ4v) is 2.57. The van der Waals surface area contributed by atoms with Crippen molar-refractivity contribution in [3.05, 3.63) is 52.8 Å². The maximum Gasteiger partial charge on any atom is 0.132 e. The number of hydrogen-bond donors (Lipinski definition) is 2. The maximum absolute atomic E-state index is 12.0. The summed E-state index contributed by atoms with van der Waals surface area (Å²) in [5.74, 6) is 0.345. The van der Waals surface area contributed by atoms with Gasteiger partial charge in [0.05, 0.1) is 0 Å². The lowest BCUT2D eigenvalue weighted by molar-refractivity contribution is -0.938. The van der Waals surface area contributed by atoms with E-state index in [1.807, 2.05) is 13.0 Å². The minimum atomic E-state index is -0.419. The van der Waals surface area contributed by atoms with Crippen molar-refractivity contribution in [1.29, 1.82) is 0 Å². The van der Waals surface area contributed by atoms with Crippen LogP contribution in [0.15, 0.2) is 47.6 Å². The second-order valence-electron chi connectivity index (χ2n) is 5.02. The van der Waals surface area contributed by atoms with Gasteiger partial charge in [-0.15, -0.1) is 0 Å². The number of fused-ring (bicyclic) bond motifs is 1. The van der Waals surface area contributed by atoms with Gasteiger partial charge in [0.15, 0.2) is 0 Å². The Balaban J connectivity index is 0.00000162. The molecular weight excluding hydrogens is 339 g/mol. The summed E-state index contributed by atoms with van der Waals surface area (Å²) in [5.41, 5.74) is 4.93. The highest BCUT2D eigenvalue weighted by atomic mass is 127. The van der Waals surface area contributed by atoms with E-state index < -0.39 is 5.54 Å². The number of hydrogen-bond acceptors (Lipinski definition) is 2. The van der Waals surface area contributed by atoms with Gasteiger partial charge in [-0.05, 0) is 31.1 Å². The molecule has 4 heteroatoms. The summed E-state index contributed by atoms with van der Waals surface area (Å²) >= 11 is 0. The van der Waals surface area contributed by atoms with Crippen molar-refractivity contribution in [3.63, 3.8) is 0 Å². The molecule has 0 fully saturated rings. The molecule has 2 aliphatic rings. The summed E-state index contributed by atoms with van der Waals surface area (Å²) in [6.45, 7) is 4.11. The minimum absolute atomic E-state index is 0. The van der Waals surface area contributed by atoms with Gasteiger partial charge in [-0.2, -0.15) is 5.43 Å². The fraction of sp³-hybridized carbons (Fsp3) is 0.429. The Morgan fingerprint density at radius 3 is 2.78 bits per heavy atom. The van der Waals surface area contributed by atoms with Crippen molar-refractivity contribution in [1.82, 2.24) is 5.43 Å². The van der Waals surface area contributed by atoms with Crippen LogP contribution >= 0.6 is 0 Å². The number of halogens is 1. The van der Waals surface area contributed by atoms with E-state index in [1.54, 1.807) is 7.05 Å². The summed E-state index contributed by atoms with van der Waals surface area (Å²) in [4.78, 5) is 0. The van der Waals surface area contributed by atoms with Gasteiger partial charge in [0, 0.05) is 19.4 Å². The molecule has 0 radical (unpaired) electrons. The minimum Gasteiger partial charge on any atom is -1.00 e. The van der Waals surface area contributed by atoms with Crippen molar-refractivity contribution in [2.75, 3.05) is 7.05 Å². The van der Waals surface area contributed by atoms with Crippen LogP contribution in [0.3, 0.4) is 0 Å². The number of allylic oxidation sites excluding steroid dienone is 7. The second kappa shape index (κ2) is 6.14. The number of hydroxylamine groups is 1. The predicted molar refractivity (Wildman–Crippen MR) is 70.0 cm³/mol. The lowest BCUT2D eigenvalue weighted by atomic mass is 9.83. The van der Waals surface area contributed by atoms with Crippen LogP contribution in [0.1, 0.15) is 20.3 Å². The lowest BCUT2D eigenvalue weighted by Gasteiger charge is -2.38. The molecule has 3 atom stereocenters. The van der Waals surface area contributed by atoms with E-state index in [4.69, 9.17) is 0 Å². The Kier molecular flexibility index (Phi) is 5.33. The van der Waals surface area contributed by atoms with E-state index in [9.17, 15) is 5.21 Å². The van der Waals surface area contributed by atoms with Crippen molar-refractivity contribution in [2.24, 2.45) is 5.92 Å². The second-order valence-corrected chi connectivity index (χ2v) is 5.02. The van der Waals surface area contributed by atoms with E-state index in [-0.39, 0.29) is 29.1 Å². The monoisotopic (exact) mass is 359 g/mol. The Bertz CT molecular complexity index is 426. The van der Waals surface area contributed by atoms with Gasteiger partial charge < -0.3 is 29.2 Å². The molecule has 0 saturated heterocycles. The Labute approximate surface area is 126 Å². The molecule has 0 spiro atoms. The van der Waals surface area contributed by atoms with Gasteiger partial charge in [-0.25, -0.2) is 0 Å². The zero-order chi connectivity index (χ0) is 12.5. The normalized spacial score (nSPS) is 31.7. The van der Waals surface area contributed by atoms with Crippen molar-refractivity contribution >= 4 is 0 Å². The van der Waals surface area contributed by atoms with Gasteiger partial charge in [-0.3, -0.25) is 5.17 Å². The molecule has 0 aliphatic heterocycles. The third-order valence-electron chi connectivity index (χ3n) is 3.68. The number of rotatable bonds is 2. The first-order valence-corrected chi connectivity index (χ1v) is 6.04. The van der Waals surface area contributed by atoms with Crippen molar-refractivity contribution < 1.29 is 29.1 Å². The van der Waals surface area contributed by atoms with Crippen LogP contribution < -0.4 is 34.6 Å². The standard InChI is InChI=1S/C14H20N2O.HI/c1-11-8-9-14(2,16(17)15-3)10-12-6-4-5-7-13(11)12;/h4-9,12,15-16H,10H2,1-3H3;1H/p-1. The van der Waals surface area contributed by atoms with Crippen LogP contribution in [-0.4, -0.2) is 12.6 Å². The van der Waals surface area contributed by atoms with E-state index in [2.05, 4.69) is 42.7 Å². The highest BCUT2D eigenvalue weighted by Crippen LogP contribution is 2.32. The van der Waals surface area contributed by atoms with Crippen molar-refractivity contribution in [3.8, 4) is 0 Å². The van der Waals surface area contributed by atoms with Crippen LogP contribution in [-0.2, 0) is 0 Å². The summed E-state index contributed by atoms with van der Waals surface area (Å²) in [6, 6.07) is 0. The molecule has 0 aromatic rings. The molecule has 18 heavy (non-hydrogen) atoms. The van der Waals surface area contributed by atoms with Gasteiger partial charge in [0.25, 0.3) is 0 Å². The molecule has 0 amide bonds. The molecule has 3 nitrogen and oxygen atoms in total. The quantitative estimate of drug-likeness (QED) is 0.455. The van der Waals surface area contributed by atoms with E-state index in [0.29, 0.717) is 5.92 Å². The first-order valence-electron chi connectivity index (χ1n) is 6.04. The number of nitrogens with one attached hydrogen (secondary N) is 2. The van der Waals surface area contributed by atoms with E-state index in [0.717, 1.165) is 6.42 Å².